The van der Waals surface area contributed by atoms with Gasteiger partial charge in [0.2, 0.25) is 0 Å². The Morgan fingerprint density at radius 2 is 1.55 bits per heavy atom. The first-order valence-corrected chi connectivity index (χ1v) is 16.7. The van der Waals surface area contributed by atoms with Crippen molar-refractivity contribution in [2.45, 2.75) is 19.0 Å². The van der Waals surface area contributed by atoms with Gasteiger partial charge < -0.3 is 4.57 Å². The molecule has 0 bridgehead atoms. The Labute approximate surface area is 223 Å². The third kappa shape index (κ3) is 2.42. The van der Waals surface area contributed by atoms with Gasteiger partial charge in [0.1, 0.15) is 8.07 Å². The zero-order valence-electron chi connectivity index (χ0n) is 21.6. The molecule has 0 fully saturated rings. The van der Waals surface area contributed by atoms with Crippen LogP contribution in [0, 0.1) is 5.92 Å². The van der Waals surface area contributed by atoms with Gasteiger partial charge in [0.25, 0.3) is 0 Å². The van der Waals surface area contributed by atoms with Crippen LogP contribution in [0.25, 0.3) is 45.2 Å². The number of hydrogen-bond acceptors (Lipinski definition) is 0. The highest BCUT2D eigenvalue weighted by Gasteiger charge is 2.47. The Kier molecular flexibility index (Phi) is 3.86. The SMILES string of the molecule is C[Si]1(C)C2=C(c3ccccc31)C1C=Cc3cc4c(c5c3C1C(=C2)C=C5)c1ccccc1n4-c1ccccc1. The molecular formula is C36H27NSi. The molecular weight excluding hydrogens is 474 g/mol. The van der Waals surface area contributed by atoms with Crippen LogP contribution < -0.4 is 5.19 Å². The van der Waals surface area contributed by atoms with Gasteiger partial charge in [0.15, 0.2) is 0 Å². The van der Waals surface area contributed by atoms with E-state index in [1.165, 1.54) is 55.3 Å². The van der Waals surface area contributed by atoms with Crippen molar-refractivity contribution in [1.82, 2.24) is 4.57 Å². The van der Waals surface area contributed by atoms with Gasteiger partial charge in [0.05, 0.1) is 11.0 Å². The van der Waals surface area contributed by atoms with Crippen LogP contribution in [0.15, 0.2) is 114 Å². The third-order valence-electron chi connectivity index (χ3n) is 9.54. The summed E-state index contributed by atoms with van der Waals surface area (Å²) in [5.41, 5.74) is 12.7. The van der Waals surface area contributed by atoms with Crippen LogP contribution in [-0.4, -0.2) is 12.6 Å². The number of aromatic nitrogens is 1. The van der Waals surface area contributed by atoms with Gasteiger partial charge >= 0.3 is 0 Å². The lowest BCUT2D eigenvalue weighted by molar-refractivity contribution is 0.681. The van der Waals surface area contributed by atoms with E-state index in [1.54, 1.807) is 16.0 Å². The fourth-order valence-corrected chi connectivity index (χ4v) is 11.1. The van der Waals surface area contributed by atoms with Gasteiger partial charge in [-0.25, -0.2) is 0 Å². The zero-order valence-corrected chi connectivity index (χ0v) is 22.6. The van der Waals surface area contributed by atoms with E-state index in [9.17, 15) is 0 Å². The second-order valence-electron chi connectivity index (χ2n) is 11.7. The minimum Gasteiger partial charge on any atom is -0.309 e. The van der Waals surface area contributed by atoms with Crippen molar-refractivity contribution < 1.29 is 0 Å². The molecule has 4 aromatic carbocycles. The number of para-hydroxylation sites is 2. The molecule has 5 aromatic rings. The molecule has 38 heavy (non-hydrogen) atoms. The van der Waals surface area contributed by atoms with Gasteiger partial charge in [-0.3, -0.25) is 0 Å². The van der Waals surface area contributed by atoms with E-state index >= 15 is 0 Å². The fraction of sp³-hybridized carbons (Fsp3) is 0.111. The fourth-order valence-electron chi connectivity index (χ4n) is 7.94. The lowest BCUT2D eigenvalue weighted by atomic mass is 9.65. The van der Waals surface area contributed by atoms with Crippen molar-refractivity contribution in [1.29, 1.82) is 0 Å². The predicted octanol–water partition coefficient (Wildman–Crippen LogP) is 8.40. The molecule has 1 aromatic heterocycles. The number of benzene rings is 4. The second kappa shape index (κ2) is 7.03. The van der Waals surface area contributed by atoms with Gasteiger partial charge in [-0.15, -0.1) is 0 Å². The molecule has 0 saturated carbocycles. The average molecular weight is 502 g/mol. The molecule has 1 nitrogen and oxygen atoms in total. The van der Waals surface area contributed by atoms with Crippen LogP contribution in [0.1, 0.15) is 28.2 Å². The normalized spacial score (nSPS) is 21.5. The van der Waals surface area contributed by atoms with Crippen LogP contribution in [0.3, 0.4) is 0 Å². The number of fused-ring (bicyclic) bond motifs is 7. The van der Waals surface area contributed by atoms with E-state index in [2.05, 4.69) is 133 Å². The first-order valence-electron chi connectivity index (χ1n) is 13.7. The third-order valence-corrected chi connectivity index (χ3v) is 13.1. The first-order chi connectivity index (χ1) is 18.6. The average Bonchev–Trinajstić information content (AvgIpc) is 3.41. The summed E-state index contributed by atoms with van der Waals surface area (Å²) in [6, 6.07) is 31.4. The van der Waals surface area contributed by atoms with Crippen LogP contribution in [0.2, 0.25) is 13.1 Å². The second-order valence-corrected chi connectivity index (χ2v) is 16.0. The highest BCUT2D eigenvalue weighted by molar-refractivity contribution is 6.99. The van der Waals surface area contributed by atoms with E-state index in [-0.39, 0.29) is 0 Å². The van der Waals surface area contributed by atoms with Crippen molar-refractivity contribution >= 4 is 52.8 Å². The van der Waals surface area contributed by atoms with Crippen LogP contribution in [0.5, 0.6) is 0 Å². The first kappa shape index (κ1) is 20.9. The lowest BCUT2D eigenvalue weighted by Crippen LogP contribution is -2.41. The number of hydrogen-bond donors (Lipinski definition) is 0. The molecule has 2 heterocycles. The summed E-state index contributed by atoms with van der Waals surface area (Å²) in [5, 5.41) is 5.96. The predicted molar refractivity (Wildman–Crippen MR) is 164 cm³/mol. The zero-order chi connectivity index (χ0) is 25.2. The summed E-state index contributed by atoms with van der Waals surface area (Å²) >= 11 is 0. The summed E-state index contributed by atoms with van der Waals surface area (Å²) < 4.78 is 2.45. The summed E-state index contributed by atoms with van der Waals surface area (Å²) in [6.45, 7) is 5.07. The van der Waals surface area contributed by atoms with Gasteiger partial charge in [-0.1, -0.05) is 104 Å². The van der Waals surface area contributed by atoms with Crippen LogP contribution >= 0.6 is 0 Å². The topological polar surface area (TPSA) is 4.93 Å². The van der Waals surface area contributed by atoms with E-state index in [1.807, 2.05) is 0 Å². The highest BCUT2D eigenvalue weighted by atomic mass is 28.3. The van der Waals surface area contributed by atoms with Crippen molar-refractivity contribution in [3.05, 3.63) is 136 Å². The van der Waals surface area contributed by atoms with Crippen molar-refractivity contribution in [2.75, 3.05) is 0 Å². The van der Waals surface area contributed by atoms with E-state index in [0.29, 0.717) is 11.8 Å². The molecule has 3 aliphatic carbocycles. The quantitative estimate of drug-likeness (QED) is 0.203. The maximum Gasteiger partial charge on any atom is 0.113 e. The standard InChI is InChI=1S/C36H27NSi/c1-38(2)31-15-9-7-13-26(31)36-28-19-16-22-20-30-35(27-18-17-23(21-32(36)38)34(28)33(22)27)25-12-6-8-14-29(25)37(30)24-10-4-3-5-11-24/h3-21,28,34H,1-2H3. The van der Waals surface area contributed by atoms with Crippen molar-refractivity contribution in [3.63, 3.8) is 0 Å². The molecule has 0 saturated heterocycles. The minimum absolute atomic E-state index is 0.382. The van der Waals surface area contributed by atoms with E-state index < -0.39 is 8.07 Å². The van der Waals surface area contributed by atoms with Gasteiger partial charge in [0, 0.05) is 28.3 Å². The molecule has 0 N–H and O–H groups in total. The maximum absolute atomic E-state index is 2.59. The largest absolute Gasteiger partial charge is 0.309 e. The number of allylic oxidation sites excluding steroid dienone is 6. The minimum atomic E-state index is -1.71. The smallest absolute Gasteiger partial charge is 0.113 e. The summed E-state index contributed by atoms with van der Waals surface area (Å²) in [4.78, 5) is 0. The Balaban J connectivity index is 1.36. The van der Waals surface area contributed by atoms with Gasteiger partial charge in [-0.05, 0) is 68.0 Å². The molecule has 0 spiro atoms. The van der Waals surface area contributed by atoms with Gasteiger partial charge in [-0.2, -0.15) is 0 Å². The molecule has 2 heteroatoms. The molecule has 4 aliphatic rings. The molecule has 2 atom stereocenters. The number of rotatable bonds is 1. The molecule has 9 rings (SSSR count). The Bertz CT molecular complexity index is 1990. The molecule has 0 amide bonds. The Morgan fingerprint density at radius 1 is 0.763 bits per heavy atom. The molecule has 1 aliphatic heterocycles. The van der Waals surface area contributed by atoms with E-state index in [4.69, 9.17) is 0 Å². The summed E-state index contributed by atoms with van der Waals surface area (Å²) in [6.07, 6.45) is 12.4. The number of nitrogens with zero attached hydrogens (tertiary/aromatic N) is 1. The molecule has 0 radical (unpaired) electrons. The van der Waals surface area contributed by atoms with Crippen molar-refractivity contribution in [3.8, 4) is 5.69 Å². The van der Waals surface area contributed by atoms with Crippen LogP contribution in [-0.2, 0) is 0 Å². The Morgan fingerprint density at radius 3 is 2.45 bits per heavy atom. The maximum atomic E-state index is 2.59. The lowest BCUT2D eigenvalue weighted by Gasteiger charge is -2.40. The van der Waals surface area contributed by atoms with Crippen LogP contribution in [0.4, 0.5) is 0 Å². The van der Waals surface area contributed by atoms with Crippen molar-refractivity contribution in [2.24, 2.45) is 5.92 Å². The molecule has 180 valence electrons. The Hall–Kier alpha value is -4.14. The summed E-state index contributed by atoms with van der Waals surface area (Å²) in [5.74, 6) is 0.782. The monoisotopic (exact) mass is 501 g/mol. The summed E-state index contributed by atoms with van der Waals surface area (Å²) in [7, 11) is -1.71. The highest BCUT2D eigenvalue weighted by Crippen LogP contribution is 2.57. The molecule has 2 unspecified atom stereocenters. The van der Waals surface area contributed by atoms with E-state index in [0.717, 1.165) is 0 Å².